The van der Waals surface area contributed by atoms with Crippen LogP contribution in [0, 0.1) is 11.2 Å². The van der Waals surface area contributed by atoms with Crippen molar-refractivity contribution < 1.29 is 30.7 Å². The Kier molecular flexibility index (Phi) is 7.70. The lowest BCUT2D eigenvalue weighted by atomic mass is 9.82. The number of aryl methyl sites for hydroxylation is 1. The first-order valence-electron chi connectivity index (χ1n) is 12.7. The molecule has 0 amide bonds. The van der Waals surface area contributed by atoms with Gasteiger partial charge in [-0.15, -0.1) is 0 Å². The molecule has 0 unspecified atom stereocenters. The number of rotatable bonds is 6. The van der Waals surface area contributed by atoms with Gasteiger partial charge in [-0.2, -0.15) is 13.2 Å². The van der Waals surface area contributed by atoms with Crippen molar-refractivity contribution in [2.24, 2.45) is 5.41 Å². The summed E-state index contributed by atoms with van der Waals surface area (Å²) < 4.78 is 82.5. The van der Waals surface area contributed by atoms with Gasteiger partial charge in [-0.3, -0.25) is 0 Å². The molecule has 1 saturated heterocycles. The first-order valence-corrected chi connectivity index (χ1v) is 14.5. The summed E-state index contributed by atoms with van der Waals surface area (Å²) in [5.74, 6) is -1.71. The molecular formula is C28H35F4NO3S. The maximum Gasteiger partial charge on any atom is 0.390 e. The molecule has 4 rings (SSSR count). The van der Waals surface area contributed by atoms with E-state index in [0.717, 1.165) is 62.2 Å². The van der Waals surface area contributed by atoms with Crippen molar-refractivity contribution >= 4 is 9.84 Å². The smallest absolute Gasteiger partial charge is 0.390 e. The van der Waals surface area contributed by atoms with Crippen LogP contribution in [0.2, 0.25) is 0 Å². The van der Waals surface area contributed by atoms with Gasteiger partial charge in [-0.05, 0) is 66.0 Å². The molecule has 0 radical (unpaired) electrons. The number of hydrogen-bond acceptors (Lipinski definition) is 4. The van der Waals surface area contributed by atoms with E-state index < -0.39 is 39.8 Å². The molecular weight excluding hydrogens is 506 g/mol. The summed E-state index contributed by atoms with van der Waals surface area (Å²) in [6.07, 6.45) is -2.25. The second kappa shape index (κ2) is 10.2. The minimum Gasteiger partial charge on any atom is -0.487 e. The predicted molar refractivity (Wildman–Crippen MR) is 137 cm³/mol. The Labute approximate surface area is 216 Å². The Morgan fingerprint density at radius 1 is 0.973 bits per heavy atom. The number of piperidine rings is 1. The number of benzene rings is 2. The summed E-state index contributed by atoms with van der Waals surface area (Å²) >= 11 is 0. The maximum atomic E-state index is 14.7. The number of sulfone groups is 1. The summed E-state index contributed by atoms with van der Waals surface area (Å²) in [6, 6.07) is 9.95. The molecule has 2 aliphatic rings. The molecule has 0 saturated carbocycles. The number of alkyl halides is 3. The van der Waals surface area contributed by atoms with Crippen LogP contribution in [0.15, 0.2) is 36.4 Å². The van der Waals surface area contributed by atoms with Crippen molar-refractivity contribution in [3.05, 3.63) is 53.3 Å². The van der Waals surface area contributed by atoms with Gasteiger partial charge in [-0.25, -0.2) is 12.8 Å². The van der Waals surface area contributed by atoms with E-state index in [0.29, 0.717) is 5.56 Å². The largest absolute Gasteiger partial charge is 0.487 e. The first-order chi connectivity index (χ1) is 17.1. The Bertz CT molecular complexity index is 1230. The zero-order chi connectivity index (χ0) is 27.1. The number of ether oxygens (including phenoxy) is 1. The van der Waals surface area contributed by atoms with E-state index in [9.17, 15) is 26.0 Å². The Balaban J connectivity index is 1.42. The average Bonchev–Trinajstić information content (AvgIpc) is 2.79. The summed E-state index contributed by atoms with van der Waals surface area (Å²) in [6.45, 7) is 9.86. The van der Waals surface area contributed by atoms with Crippen LogP contribution >= 0.6 is 0 Å². The fraction of sp³-hybridized carbons (Fsp3) is 0.571. The van der Waals surface area contributed by atoms with Gasteiger partial charge in [-0.1, -0.05) is 39.0 Å². The van der Waals surface area contributed by atoms with Crippen LogP contribution in [0.1, 0.15) is 57.6 Å². The Morgan fingerprint density at radius 3 is 2.24 bits per heavy atom. The van der Waals surface area contributed by atoms with Gasteiger partial charge in [0.1, 0.15) is 17.2 Å². The normalized spacial score (nSPS) is 18.5. The fourth-order valence-electron chi connectivity index (χ4n) is 5.27. The highest BCUT2D eigenvalue weighted by atomic mass is 32.2. The van der Waals surface area contributed by atoms with Crippen molar-refractivity contribution in [1.29, 1.82) is 0 Å². The van der Waals surface area contributed by atoms with E-state index in [1.54, 1.807) is 6.07 Å². The van der Waals surface area contributed by atoms with Crippen LogP contribution in [0.4, 0.5) is 17.6 Å². The lowest BCUT2D eigenvalue weighted by Gasteiger charge is -2.45. The Hall–Kier alpha value is -2.13. The van der Waals surface area contributed by atoms with Crippen LogP contribution in [-0.4, -0.2) is 50.5 Å². The average molecular weight is 542 g/mol. The van der Waals surface area contributed by atoms with Crippen molar-refractivity contribution in [2.45, 2.75) is 70.4 Å². The molecule has 2 aromatic rings. The predicted octanol–water partition coefficient (Wildman–Crippen LogP) is 6.57. The molecule has 204 valence electrons. The summed E-state index contributed by atoms with van der Waals surface area (Å²) in [7, 11) is -4.09. The highest BCUT2D eigenvalue weighted by Crippen LogP contribution is 2.41. The minimum absolute atomic E-state index is 0.132. The second-order valence-corrected chi connectivity index (χ2v) is 13.9. The first kappa shape index (κ1) is 27.9. The molecule has 1 spiro atoms. The lowest BCUT2D eigenvalue weighted by molar-refractivity contribution is -0.129. The molecule has 9 heteroatoms. The number of halogens is 4. The van der Waals surface area contributed by atoms with E-state index in [1.807, 2.05) is 18.2 Å². The van der Waals surface area contributed by atoms with E-state index in [-0.39, 0.29) is 16.6 Å². The molecule has 2 aliphatic heterocycles. The maximum absolute atomic E-state index is 14.7. The highest BCUT2D eigenvalue weighted by Gasteiger charge is 2.40. The number of fused-ring (bicyclic) bond motifs is 1. The van der Waals surface area contributed by atoms with Crippen molar-refractivity contribution in [3.8, 4) is 16.9 Å². The van der Waals surface area contributed by atoms with Crippen LogP contribution < -0.4 is 4.74 Å². The van der Waals surface area contributed by atoms with Gasteiger partial charge in [0, 0.05) is 25.2 Å². The van der Waals surface area contributed by atoms with Crippen LogP contribution in [0.3, 0.4) is 0 Å². The third-order valence-corrected chi connectivity index (χ3v) is 8.74. The van der Waals surface area contributed by atoms with Crippen LogP contribution in [0.25, 0.3) is 11.1 Å². The van der Waals surface area contributed by atoms with E-state index in [2.05, 4.69) is 25.7 Å². The fourth-order valence-corrected chi connectivity index (χ4v) is 6.66. The second-order valence-electron chi connectivity index (χ2n) is 11.7. The lowest BCUT2D eigenvalue weighted by Crippen LogP contribution is -2.51. The molecule has 0 atom stereocenters. The molecule has 2 aromatic carbocycles. The molecule has 0 N–H and O–H groups in total. The quantitative estimate of drug-likeness (QED) is 0.389. The molecule has 0 aromatic heterocycles. The van der Waals surface area contributed by atoms with E-state index in [1.165, 1.54) is 12.1 Å². The van der Waals surface area contributed by atoms with Crippen LogP contribution in [0.5, 0.6) is 5.75 Å². The van der Waals surface area contributed by atoms with Gasteiger partial charge < -0.3 is 9.64 Å². The number of nitrogens with zero attached hydrogens (tertiary/aromatic N) is 1. The van der Waals surface area contributed by atoms with Crippen molar-refractivity contribution in [3.63, 3.8) is 0 Å². The van der Waals surface area contributed by atoms with Gasteiger partial charge >= 0.3 is 6.18 Å². The zero-order valence-electron chi connectivity index (χ0n) is 21.6. The SMILES string of the molecule is CC(C)(C)CN1CCC2(CCc3cc(-c4ccc(CS(=O)(=O)CCC(F)(F)F)c(F)c4)ccc3O2)CC1. The Morgan fingerprint density at radius 2 is 1.62 bits per heavy atom. The molecule has 37 heavy (non-hydrogen) atoms. The van der Waals surface area contributed by atoms with Gasteiger partial charge in [0.15, 0.2) is 9.84 Å². The molecule has 0 bridgehead atoms. The monoisotopic (exact) mass is 541 g/mol. The van der Waals surface area contributed by atoms with Crippen molar-refractivity contribution in [2.75, 3.05) is 25.4 Å². The zero-order valence-corrected chi connectivity index (χ0v) is 22.4. The standard InChI is InChI=1S/C28H35F4NO3S/c1-26(2,3)19-33-13-10-27(11-14-33)9-8-22-16-20(6-7-25(22)36-27)21-4-5-23(24(29)17-21)18-37(34,35)15-12-28(30,31)32/h4-7,16-17H,8-15,18-19H2,1-3H3. The molecule has 2 heterocycles. The molecule has 0 aliphatic carbocycles. The summed E-state index contributed by atoms with van der Waals surface area (Å²) in [5.41, 5.74) is 2.40. The minimum atomic E-state index is -4.57. The van der Waals surface area contributed by atoms with Gasteiger partial charge in [0.2, 0.25) is 0 Å². The molecule has 4 nitrogen and oxygen atoms in total. The number of likely N-dealkylation sites (tertiary alicyclic amines) is 1. The molecule has 1 fully saturated rings. The topological polar surface area (TPSA) is 46.6 Å². The number of hydrogen-bond donors (Lipinski definition) is 0. The van der Waals surface area contributed by atoms with Gasteiger partial charge in [0.25, 0.3) is 0 Å². The summed E-state index contributed by atoms with van der Waals surface area (Å²) in [5, 5.41) is 0. The van der Waals surface area contributed by atoms with Crippen LogP contribution in [-0.2, 0) is 22.0 Å². The van der Waals surface area contributed by atoms with Crippen molar-refractivity contribution in [1.82, 2.24) is 4.90 Å². The van der Waals surface area contributed by atoms with E-state index in [4.69, 9.17) is 4.74 Å². The highest BCUT2D eigenvalue weighted by molar-refractivity contribution is 7.90. The van der Waals surface area contributed by atoms with Gasteiger partial charge in [0.05, 0.1) is 17.9 Å². The third kappa shape index (κ3) is 7.47. The van der Waals surface area contributed by atoms with E-state index >= 15 is 0 Å². The summed E-state index contributed by atoms with van der Waals surface area (Å²) in [4.78, 5) is 2.51. The third-order valence-electron chi connectivity index (χ3n) is 7.16.